The Labute approximate surface area is 76.7 Å². The Kier molecular flexibility index (Phi) is 2.80. The normalized spacial score (nSPS) is 10.6. The number of aryl methyl sites for hydroxylation is 2. The summed E-state index contributed by atoms with van der Waals surface area (Å²) in [6, 6.07) is 1.97. The molecule has 0 unspecified atom stereocenters. The molecule has 0 atom stereocenters. The van der Waals surface area contributed by atoms with Gasteiger partial charge in [-0.3, -0.25) is 4.98 Å². The predicted octanol–water partition coefficient (Wildman–Crippen LogP) is 1.80. The number of pyridine rings is 1. The minimum atomic E-state index is -0.957. The van der Waals surface area contributed by atoms with Gasteiger partial charge in [-0.15, -0.1) is 0 Å². The van der Waals surface area contributed by atoms with Crippen molar-refractivity contribution in [3.8, 4) is 0 Å². The number of carboxylic acid groups (broad SMARTS) is 1. The molecule has 0 fully saturated rings. The number of aliphatic carboxylic acids is 1. The summed E-state index contributed by atoms with van der Waals surface area (Å²) in [6.45, 7) is 3.85. The van der Waals surface area contributed by atoms with Crippen LogP contribution in [-0.2, 0) is 4.79 Å². The Hall–Kier alpha value is -1.64. The van der Waals surface area contributed by atoms with E-state index >= 15 is 0 Å². The Bertz CT molecular complexity index is 356. The van der Waals surface area contributed by atoms with Crippen LogP contribution in [0.25, 0.3) is 6.08 Å². The van der Waals surface area contributed by atoms with Gasteiger partial charge in [0.25, 0.3) is 0 Å². The summed E-state index contributed by atoms with van der Waals surface area (Å²) in [6.07, 6.45) is 4.30. The smallest absolute Gasteiger partial charge is 0.328 e. The highest BCUT2D eigenvalue weighted by atomic mass is 16.4. The van der Waals surface area contributed by atoms with E-state index in [9.17, 15) is 4.79 Å². The average Bonchev–Trinajstić information content (AvgIpc) is 2.02. The number of hydrogen-bond acceptors (Lipinski definition) is 2. The van der Waals surface area contributed by atoms with Gasteiger partial charge in [0.15, 0.2) is 0 Å². The molecule has 0 spiro atoms. The summed E-state index contributed by atoms with van der Waals surface area (Å²) in [7, 11) is 0. The molecular weight excluding hydrogens is 166 g/mol. The van der Waals surface area contributed by atoms with Gasteiger partial charge in [-0.25, -0.2) is 4.79 Å². The fraction of sp³-hybridized carbons (Fsp3) is 0.200. The molecule has 0 aliphatic heterocycles. The summed E-state index contributed by atoms with van der Waals surface area (Å²) >= 11 is 0. The third-order valence-corrected chi connectivity index (χ3v) is 1.64. The van der Waals surface area contributed by atoms with Crippen LogP contribution in [0.5, 0.6) is 0 Å². The van der Waals surface area contributed by atoms with Crippen LogP contribution in [0.3, 0.4) is 0 Å². The molecule has 0 aliphatic rings. The fourth-order valence-corrected chi connectivity index (χ4v) is 1.05. The van der Waals surface area contributed by atoms with E-state index in [1.807, 2.05) is 19.9 Å². The molecule has 0 saturated heterocycles. The Balaban J connectivity index is 2.96. The number of nitrogens with zero attached hydrogens (tertiary/aromatic N) is 1. The molecule has 0 aliphatic carbocycles. The first kappa shape index (κ1) is 9.45. The number of aromatic nitrogens is 1. The summed E-state index contributed by atoms with van der Waals surface area (Å²) in [5, 5.41) is 8.41. The van der Waals surface area contributed by atoms with Crippen molar-refractivity contribution in [2.75, 3.05) is 0 Å². The van der Waals surface area contributed by atoms with Gasteiger partial charge in [0, 0.05) is 12.3 Å². The Morgan fingerprint density at radius 1 is 1.54 bits per heavy atom. The molecule has 0 aromatic carbocycles. The lowest BCUT2D eigenvalue weighted by atomic mass is 10.1. The number of carbonyl (C=O) groups is 1. The quantitative estimate of drug-likeness (QED) is 0.701. The topological polar surface area (TPSA) is 50.2 Å². The first-order valence-corrected chi connectivity index (χ1v) is 3.94. The number of carboxylic acids is 1. The van der Waals surface area contributed by atoms with Crippen LogP contribution < -0.4 is 0 Å². The number of hydrogen-bond donors (Lipinski definition) is 1. The van der Waals surface area contributed by atoms with E-state index in [4.69, 9.17) is 5.11 Å². The third-order valence-electron chi connectivity index (χ3n) is 1.64. The third kappa shape index (κ3) is 2.71. The van der Waals surface area contributed by atoms with Crippen LogP contribution in [0, 0.1) is 13.8 Å². The van der Waals surface area contributed by atoms with E-state index in [2.05, 4.69) is 4.98 Å². The lowest BCUT2D eigenvalue weighted by Gasteiger charge is -1.99. The van der Waals surface area contributed by atoms with Gasteiger partial charge in [0.2, 0.25) is 0 Å². The summed E-state index contributed by atoms with van der Waals surface area (Å²) in [5.41, 5.74) is 2.76. The molecule has 3 nitrogen and oxygen atoms in total. The Morgan fingerprint density at radius 3 is 2.77 bits per heavy atom. The maximum absolute atomic E-state index is 10.2. The Morgan fingerprint density at radius 2 is 2.23 bits per heavy atom. The van der Waals surface area contributed by atoms with Gasteiger partial charge in [0.1, 0.15) is 0 Å². The van der Waals surface area contributed by atoms with E-state index in [1.54, 1.807) is 6.20 Å². The van der Waals surface area contributed by atoms with Crippen molar-refractivity contribution in [2.24, 2.45) is 0 Å². The zero-order chi connectivity index (χ0) is 9.84. The summed E-state index contributed by atoms with van der Waals surface area (Å²) in [4.78, 5) is 14.3. The van der Waals surface area contributed by atoms with E-state index in [0.717, 1.165) is 17.2 Å². The van der Waals surface area contributed by atoms with Crippen molar-refractivity contribution in [2.45, 2.75) is 13.8 Å². The molecule has 68 valence electrons. The molecule has 1 aromatic rings. The molecular formula is C10H11NO2. The molecule has 0 saturated carbocycles. The zero-order valence-corrected chi connectivity index (χ0v) is 7.61. The zero-order valence-electron chi connectivity index (χ0n) is 7.61. The van der Waals surface area contributed by atoms with Crippen molar-refractivity contribution in [1.29, 1.82) is 0 Å². The monoisotopic (exact) mass is 177 g/mol. The maximum Gasteiger partial charge on any atom is 0.328 e. The summed E-state index contributed by atoms with van der Waals surface area (Å²) in [5.74, 6) is -0.957. The van der Waals surface area contributed by atoms with E-state index < -0.39 is 5.97 Å². The largest absolute Gasteiger partial charge is 0.478 e. The van der Waals surface area contributed by atoms with E-state index in [-0.39, 0.29) is 0 Å². The predicted molar refractivity (Wildman–Crippen MR) is 50.4 cm³/mol. The van der Waals surface area contributed by atoms with Crippen molar-refractivity contribution in [1.82, 2.24) is 4.98 Å². The van der Waals surface area contributed by atoms with Crippen LogP contribution >= 0.6 is 0 Å². The van der Waals surface area contributed by atoms with Crippen molar-refractivity contribution >= 4 is 12.0 Å². The molecule has 1 heterocycles. The van der Waals surface area contributed by atoms with Crippen LogP contribution in [0.15, 0.2) is 18.3 Å². The van der Waals surface area contributed by atoms with Crippen molar-refractivity contribution in [3.63, 3.8) is 0 Å². The van der Waals surface area contributed by atoms with Crippen LogP contribution in [0.1, 0.15) is 16.8 Å². The standard InChI is InChI=1S/C10H11NO2/c1-7-5-8(2)9(11-6-7)3-4-10(12)13/h3-6H,1-2H3,(H,12,13). The van der Waals surface area contributed by atoms with Crippen LogP contribution in [0.2, 0.25) is 0 Å². The number of rotatable bonds is 2. The molecule has 0 radical (unpaired) electrons. The van der Waals surface area contributed by atoms with Gasteiger partial charge < -0.3 is 5.11 Å². The van der Waals surface area contributed by atoms with Gasteiger partial charge in [-0.2, -0.15) is 0 Å². The average molecular weight is 177 g/mol. The second-order valence-electron chi connectivity index (χ2n) is 2.89. The lowest BCUT2D eigenvalue weighted by molar-refractivity contribution is -0.131. The second-order valence-corrected chi connectivity index (χ2v) is 2.89. The molecule has 0 bridgehead atoms. The highest BCUT2D eigenvalue weighted by Gasteiger charge is 1.96. The minimum absolute atomic E-state index is 0.702. The van der Waals surface area contributed by atoms with E-state index in [1.165, 1.54) is 6.08 Å². The van der Waals surface area contributed by atoms with Crippen molar-refractivity contribution in [3.05, 3.63) is 35.2 Å². The minimum Gasteiger partial charge on any atom is -0.478 e. The molecule has 1 N–H and O–H groups in total. The molecule has 1 rings (SSSR count). The first-order chi connectivity index (χ1) is 6.09. The SMILES string of the molecule is Cc1cnc(C=CC(=O)O)c(C)c1. The van der Waals surface area contributed by atoms with Gasteiger partial charge in [0.05, 0.1) is 5.69 Å². The first-order valence-electron chi connectivity index (χ1n) is 3.94. The maximum atomic E-state index is 10.2. The van der Waals surface area contributed by atoms with E-state index in [0.29, 0.717) is 5.69 Å². The molecule has 3 heteroatoms. The van der Waals surface area contributed by atoms with Crippen molar-refractivity contribution < 1.29 is 9.90 Å². The van der Waals surface area contributed by atoms with Gasteiger partial charge in [-0.1, -0.05) is 6.07 Å². The fourth-order valence-electron chi connectivity index (χ4n) is 1.05. The molecule has 0 amide bonds. The highest BCUT2D eigenvalue weighted by molar-refractivity contribution is 5.85. The summed E-state index contributed by atoms with van der Waals surface area (Å²) < 4.78 is 0. The van der Waals surface area contributed by atoms with Crippen LogP contribution in [-0.4, -0.2) is 16.1 Å². The highest BCUT2D eigenvalue weighted by Crippen LogP contribution is 2.08. The lowest BCUT2D eigenvalue weighted by Crippen LogP contribution is -1.90. The van der Waals surface area contributed by atoms with Gasteiger partial charge >= 0.3 is 5.97 Å². The molecule has 1 aromatic heterocycles. The van der Waals surface area contributed by atoms with Crippen LogP contribution in [0.4, 0.5) is 0 Å². The van der Waals surface area contributed by atoms with Gasteiger partial charge in [-0.05, 0) is 31.1 Å². The molecule has 13 heavy (non-hydrogen) atoms. The second kappa shape index (κ2) is 3.85.